The summed E-state index contributed by atoms with van der Waals surface area (Å²) in [5.41, 5.74) is 0. The lowest BCUT2D eigenvalue weighted by molar-refractivity contribution is -0.00801. The molecule has 2 nitrogen and oxygen atoms in total. The molecule has 4 atom stereocenters. The molecule has 0 amide bonds. The van der Waals surface area contributed by atoms with Crippen molar-refractivity contribution < 1.29 is 9.84 Å². The average molecular weight is 200 g/mol. The summed E-state index contributed by atoms with van der Waals surface area (Å²) in [7, 11) is 1.65. The minimum Gasteiger partial charge on any atom is -0.392 e. The lowest BCUT2D eigenvalue weighted by Crippen LogP contribution is -2.34. The molecular weight excluding hydrogens is 176 g/mol. The van der Waals surface area contributed by atoms with E-state index in [0.717, 1.165) is 12.8 Å². The van der Waals surface area contributed by atoms with Crippen molar-refractivity contribution in [2.24, 2.45) is 11.8 Å². The summed E-state index contributed by atoms with van der Waals surface area (Å²) < 4.78 is 5.23. The van der Waals surface area contributed by atoms with Gasteiger partial charge >= 0.3 is 0 Å². The van der Waals surface area contributed by atoms with Crippen LogP contribution in [-0.4, -0.2) is 24.4 Å². The smallest absolute Gasteiger partial charge is 0.0799 e. The van der Waals surface area contributed by atoms with E-state index in [1.165, 1.54) is 0 Å². The quantitative estimate of drug-likeness (QED) is 0.640. The van der Waals surface area contributed by atoms with Gasteiger partial charge in [-0.05, 0) is 12.3 Å². The molecule has 0 spiro atoms. The van der Waals surface area contributed by atoms with Crippen molar-refractivity contribution in [3.8, 4) is 0 Å². The molecule has 0 aromatic heterocycles. The van der Waals surface area contributed by atoms with Gasteiger partial charge in [0.25, 0.3) is 0 Å². The predicted molar refractivity (Wildman–Crippen MR) is 60.2 cm³/mol. The number of hydrogen-bond acceptors (Lipinski definition) is 2. The maximum Gasteiger partial charge on any atom is 0.0799 e. The molecule has 0 radical (unpaired) electrons. The number of methoxy groups -OCH3 is 1. The van der Waals surface area contributed by atoms with Crippen LogP contribution in [0.5, 0.6) is 0 Å². The summed E-state index contributed by atoms with van der Waals surface area (Å²) in [5, 5.41) is 10.0. The molecule has 0 heterocycles. The van der Waals surface area contributed by atoms with E-state index >= 15 is 0 Å². The molecule has 0 saturated carbocycles. The Morgan fingerprint density at radius 1 is 1.43 bits per heavy atom. The van der Waals surface area contributed by atoms with Crippen molar-refractivity contribution in [1.29, 1.82) is 0 Å². The second kappa shape index (κ2) is 7.02. The van der Waals surface area contributed by atoms with E-state index in [0.29, 0.717) is 5.92 Å². The lowest BCUT2D eigenvalue weighted by Gasteiger charge is -2.28. The maximum atomic E-state index is 10.0. The van der Waals surface area contributed by atoms with E-state index < -0.39 is 0 Å². The Hall–Kier alpha value is -0.340. The van der Waals surface area contributed by atoms with Gasteiger partial charge in [0.1, 0.15) is 0 Å². The molecule has 0 aliphatic heterocycles. The zero-order valence-corrected chi connectivity index (χ0v) is 9.86. The van der Waals surface area contributed by atoms with E-state index in [9.17, 15) is 5.11 Å². The van der Waals surface area contributed by atoms with E-state index in [-0.39, 0.29) is 18.1 Å². The monoisotopic (exact) mass is 200 g/mol. The van der Waals surface area contributed by atoms with E-state index in [2.05, 4.69) is 20.4 Å². The molecule has 0 fully saturated rings. The van der Waals surface area contributed by atoms with Gasteiger partial charge in [-0.3, -0.25) is 0 Å². The van der Waals surface area contributed by atoms with Crippen LogP contribution in [0.15, 0.2) is 12.7 Å². The van der Waals surface area contributed by atoms with Crippen LogP contribution in [-0.2, 0) is 4.74 Å². The first-order valence-electron chi connectivity index (χ1n) is 5.41. The fraction of sp³-hybridized carbons (Fsp3) is 0.833. The summed E-state index contributed by atoms with van der Waals surface area (Å²) in [6.45, 7) is 9.93. The van der Waals surface area contributed by atoms with Gasteiger partial charge < -0.3 is 9.84 Å². The SMILES string of the molecule is C=C[C@H](OC)[C@H](C)[C@H](O)[C@@H](C)CCC. The minimum atomic E-state index is -0.308. The van der Waals surface area contributed by atoms with Crippen LogP contribution in [0.25, 0.3) is 0 Å². The first kappa shape index (κ1) is 13.7. The van der Waals surface area contributed by atoms with E-state index in [1.54, 1.807) is 13.2 Å². The summed E-state index contributed by atoms with van der Waals surface area (Å²) in [4.78, 5) is 0. The minimum absolute atomic E-state index is 0.0516. The Kier molecular flexibility index (Phi) is 6.85. The highest BCUT2D eigenvalue weighted by atomic mass is 16.5. The van der Waals surface area contributed by atoms with Gasteiger partial charge in [-0.25, -0.2) is 0 Å². The molecule has 0 rings (SSSR count). The Balaban J connectivity index is 4.20. The number of hydrogen-bond donors (Lipinski definition) is 1. The molecule has 0 saturated heterocycles. The van der Waals surface area contributed by atoms with E-state index in [4.69, 9.17) is 4.74 Å². The van der Waals surface area contributed by atoms with Crippen molar-refractivity contribution in [2.75, 3.05) is 7.11 Å². The highest BCUT2D eigenvalue weighted by Gasteiger charge is 2.25. The number of rotatable bonds is 7. The third-order valence-electron chi connectivity index (χ3n) is 2.89. The fourth-order valence-corrected chi connectivity index (χ4v) is 1.86. The van der Waals surface area contributed by atoms with Crippen LogP contribution in [0.2, 0.25) is 0 Å². The van der Waals surface area contributed by atoms with Gasteiger partial charge in [0.2, 0.25) is 0 Å². The third-order valence-corrected chi connectivity index (χ3v) is 2.89. The Bertz CT molecular complexity index is 156. The highest BCUT2D eigenvalue weighted by molar-refractivity contribution is 4.88. The molecular formula is C12H24O2. The second-order valence-electron chi connectivity index (χ2n) is 4.05. The molecule has 0 unspecified atom stereocenters. The second-order valence-corrected chi connectivity index (χ2v) is 4.05. The van der Waals surface area contributed by atoms with E-state index in [1.807, 2.05) is 6.92 Å². The standard InChI is InChI=1S/C12H24O2/c1-6-8-9(3)12(13)10(4)11(7-2)14-5/h7,9-13H,2,6,8H2,1,3-5H3/t9-,10-,11-,12+/m0/s1. The molecule has 0 aromatic carbocycles. The Morgan fingerprint density at radius 3 is 2.36 bits per heavy atom. The fourth-order valence-electron chi connectivity index (χ4n) is 1.86. The molecule has 0 bridgehead atoms. The van der Waals surface area contributed by atoms with Crippen LogP contribution in [0.1, 0.15) is 33.6 Å². The molecule has 14 heavy (non-hydrogen) atoms. The first-order valence-corrected chi connectivity index (χ1v) is 5.41. The lowest BCUT2D eigenvalue weighted by atomic mass is 9.87. The van der Waals surface area contributed by atoms with Crippen molar-refractivity contribution >= 4 is 0 Å². The highest BCUT2D eigenvalue weighted by Crippen LogP contribution is 2.22. The molecule has 84 valence electrons. The van der Waals surface area contributed by atoms with Gasteiger partial charge in [-0.2, -0.15) is 0 Å². The van der Waals surface area contributed by atoms with Crippen molar-refractivity contribution in [1.82, 2.24) is 0 Å². The van der Waals surface area contributed by atoms with Crippen LogP contribution >= 0.6 is 0 Å². The van der Waals surface area contributed by atoms with Gasteiger partial charge in [-0.1, -0.05) is 33.3 Å². The zero-order valence-electron chi connectivity index (χ0n) is 9.86. The largest absolute Gasteiger partial charge is 0.392 e. The number of aliphatic hydroxyl groups excluding tert-OH is 1. The third kappa shape index (κ3) is 3.81. The molecule has 1 N–H and O–H groups in total. The Labute approximate surface area is 88.0 Å². The van der Waals surface area contributed by atoms with Gasteiger partial charge in [0, 0.05) is 13.0 Å². The average Bonchev–Trinajstić information content (AvgIpc) is 2.18. The summed E-state index contributed by atoms with van der Waals surface area (Å²) in [5.74, 6) is 0.437. The summed E-state index contributed by atoms with van der Waals surface area (Å²) in [6, 6.07) is 0. The Morgan fingerprint density at radius 2 is 2.00 bits per heavy atom. The maximum absolute atomic E-state index is 10.0. The molecule has 0 aliphatic carbocycles. The molecule has 0 aromatic rings. The molecule has 2 heteroatoms. The first-order chi connectivity index (χ1) is 6.58. The van der Waals surface area contributed by atoms with Gasteiger partial charge in [0.15, 0.2) is 0 Å². The molecule has 0 aliphatic rings. The van der Waals surface area contributed by atoms with Gasteiger partial charge in [0.05, 0.1) is 12.2 Å². The topological polar surface area (TPSA) is 29.5 Å². The van der Waals surface area contributed by atoms with Crippen molar-refractivity contribution in [2.45, 2.75) is 45.8 Å². The van der Waals surface area contributed by atoms with Crippen LogP contribution in [0.3, 0.4) is 0 Å². The van der Waals surface area contributed by atoms with Crippen LogP contribution in [0.4, 0.5) is 0 Å². The number of ether oxygens (including phenoxy) is 1. The van der Waals surface area contributed by atoms with Crippen LogP contribution < -0.4 is 0 Å². The van der Waals surface area contributed by atoms with Crippen LogP contribution in [0, 0.1) is 11.8 Å². The predicted octanol–water partition coefficient (Wildman–Crippen LogP) is 2.62. The zero-order chi connectivity index (χ0) is 11.1. The normalized spacial score (nSPS) is 19.8. The van der Waals surface area contributed by atoms with Crippen molar-refractivity contribution in [3.63, 3.8) is 0 Å². The summed E-state index contributed by atoms with van der Waals surface area (Å²) in [6.07, 6.45) is 3.56. The summed E-state index contributed by atoms with van der Waals surface area (Å²) >= 11 is 0. The van der Waals surface area contributed by atoms with Crippen molar-refractivity contribution in [3.05, 3.63) is 12.7 Å². The van der Waals surface area contributed by atoms with Gasteiger partial charge in [-0.15, -0.1) is 6.58 Å². The number of aliphatic hydroxyl groups is 1.